The molecule has 0 aromatic carbocycles. The molecule has 0 aliphatic heterocycles. The molecule has 0 fully saturated rings. The van der Waals surface area contributed by atoms with E-state index in [-0.39, 0.29) is 0 Å². The predicted molar refractivity (Wildman–Crippen MR) is 44.5 cm³/mol. The third-order valence-corrected chi connectivity index (χ3v) is 1.83. The van der Waals surface area contributed by atoms with Crippen LogP contribution in [0.4, 0.5) is 27.6 Å². The number of nitrogens with two attached hydrogens (primary N) is 1. The first-order valence-corrected chi connectivity index (χ1v) is 4.03. The van der Waals surface area contributed by atoms with Gasteiger partial charge in [0.2, 0.25) is 0 Å². The zero-order chi connectivity index (χ0) is 12.5. The van der Waals surface area contributed by atoms with Crippen LogP contribution in [0.1, 0.15) is 23.4 Å². The Bertz CT molecular complexity index is 391. The highest BCUT2D eigenvalue weighted by atomic mass is 19.4. The number of aromatic nitrogens is 1. The fourth-order valence-electron chi connectivity index (χ4n) is 1.12. The summed E-state index contributed by atoms with van der Waals surface area (Å²) in [6.45, 7) is -1.02. The first-order chi connectivity index (χ1) is 7.27. The van der Waals surface area contributed by atoms with Crippen molar-refractivity contribution in [1.29, 1.82) is 0 Å². The Kier molecular flexibility index (Phi) is 3.32. The molecule has 1 rings (SSSR count). The summed E-state index contributed by atoms with van der Waals surface area (Å²) in [5.41, 5.74) is 1.24. The SMILES string of the molecule is Nc1cc(C(F)F)nc(C(F)(F)F)c1CO. The zero-order valence-corrected chi connectivity index (χ0v) is 7.72. The quantitative estimate of drug-likeness (QED) is 0.781. The number of aliphatic hydroxyl groups excluding tert-OH is 1. The molecule has 0 atom stereocenters. The van der Waals surface area contributed by atoms with Crippen LogP contribution in [0, 0.1) is 0 Å². The molecule has 0 radical (unpaired) electrons. The number of hydrogen-bond acceptors (Lipinski definition) is 3. The van der Waals surface area contributed by atoms with Crippen LogP contribution in [0.25, 0.3) is 0 Å². The first-order valence-electron chi connectivity index (χ1n) is 4.03. The van der Waals surface area contributed by atoms with E-state index in [0.717, 1.165) is 0 Å². The van der Waals surface area contributed by atoms with Gasteiger partial charge in [-0.15, -0.1) is 0 Å². The molecule has 0 aliphatic rings. The van der Waals surface area contributed by atoms with Gasteiger partial charge in [0.25, 0.3) is 6.43 Å². The van der Waals surface area contributed by atoms with Crippen LogP contribution in [0.3, 0.4) is 0 Å². The third-order valence-electron chi connectivity index (χ3n) is 1.83. The predicted octanol–water partition coefficient (Wildman–Crippen LogP) is 2.11. The van der Waals surface area contributed by atoms with Crippen molar-refractivity contribution < 1.29 is 27.1 Å². The Morgan fingerprint density at radius 2 is 1.94 bits per heavy atom. The number of aliphatic hydroxyl groups is 1. The Morgan fingerprint density at radius 1 is 1.38 bits per heavy atom. The van der Waals surface area contributed by atoms with Crippen LogP contribution in [0.5, 0.6) is 0 Å². The summed E-state index contributed by atoms with van der Waals surface area (Å²) in [5, 5.41) is 8.68. The summed E-state index contributed by atoms with van der Waals surface area (Å²) in [5.74, 6) is 0. The molecule has 0 spiro atoms. The van der Waals surface area contributed by atoms with Gasteiger partial charge < -0.3 is 10.8 Å². The highest BCUT2D eigenvalue weighted by molar-refractivity contribution is 5.50. The second kappa shape index (κ2) is 4.20. The monoisotopic (exact) mass is 242 g/mol. The van der Waals surface area contributed by atoms with E-state index in [1.54, 1.807) is 0 Å². The molecule has 8 heteroatoms. The number of rotatable bonds is 2. The van der Waals surface area contributed by atoms with Crippen molar-refractivity contribution in [1.82, 2.24) is 4.98 Å². The minimum atomic E-state index is -4.93. The van der Waals surface area contributed by atoms with E-state index in [9.17, 15) is 22.0 Å². The molecule has 16 heavy (non-hydrogen) atoms. The summed E-state index contributed by atoms with van der Waals surface area (Å²) in [6.07, 6.45) is -8.09. The molecule has 1 heterocycles. The number of nitrogens with zero attached hydrogens (tertiary/aromatic N) is 1. The van der Waals surface area contributed by atoms with Crippen molar-refractivity contribution in [3.8, 4) is 0 Å². The number of alkyl halides is 5. The van der Waals surface area contributed by atoms with E-state index in [4.69, 9.17) is 10.8 Å². The van der Waals surface area contributed by atoms with Crippen molar-refractivity contribution in [2.45, 2.75) is 19.2 Å². The maximum atomic E-state index is 12.4. The number of nitrogen functional groups attached to an aromatic ring is 1. The number of hydrogen-bond donors (Lipinski definition) is 2. The molecule has 0 saturated carbocycles. The van der Waals surface area contributed by atoms with Gasteiger partial charge in [0, 0.05) is 11.3 Å². The topological polar surface area (TPSA) is 59.1 Å². The molecule has 0 amide bonds. The molecule has 1 aromatic heterocycles. The third kappa shape index (κ3) is 2.38. The Labute approximate surface area is 86.7 Å². The fraction of sp³-hybridized carbons (Fsp3) is 0.375. The van der Waals surface area contributed by atoms with E-state index < -0.39 is 41.8 Å². The summed E-state index contributed by atoms with van der Waals surface area (Å²) >= 11 is 0. The fourth-order valence-corrected chi connectivity index (χ4v) is 1.12. The standard InChI is InChI=1S/C8H7F5N2O/c9-7(10)5-1-4(14)3(2-16)6(15-5)8(11,12)13/h1,7,16H,2H2,(H2,14,15). The first kappa shape index (κ1) is 12.6. The van der Waals surface area contributed by atoms with E-state index >= 15 is 0 Å². The molecule has 0 aliphatic carbocycles. The second-order valence-electron chi connectivity index (χ2n) is 2.92. The van der Waals surface area contributed by atoms with Crippen LogP contribution < -0.4 is 5.73 Å². The van der Waals surface area contributed by atoms with Crippen molar-refractivity contribution in [3.63, 3.8) is 0 Å². The van der Waals surface area contributed by atoms with Gasteiger partial charge in [-0.1, -0.05) is 0 Å². The Balaban J connectivity index is 3.43. The Hall–Kier alpha value is -1.44. The highest BCUT2D eigenvalue weighted by Gasteiger charge is 2.37. The minimum Gasteiger partial charge on any atom is -0.398 e. The van der Waals surface area contributed by atoms with Gasteiger partial charge in [-0.05, 0) is 6.07 Å². The summed E-state index contributed by atoms with van der Waals surface area (Å²) in [4.78, 5) is 2.76. The van der Waals surface area contributed by atoms with Crippen molar-refractivity contribution in [2.24, 2.45) is 0 Å². The molecule has 0 saturated heterocycles. The van der Waals surface area contributed by atoms with Crippen LogP contribution >= 0.6 is 0 Å². The molecular formula is C8H7F5N2O. The number of anilines is 1. The summed E-state index contributed by atoms with van der Waals surface area (Å²) in [7, 11) is 0. The largest absolute Gasteiger partial charge is 0.433 e. The van der Waals surface area contributed by atoms with Gasteiger partial charge in [0.15, 0.2) is 5.69 Å². The summed E-state index contributed by atoms with van der Waals surface area (Å²) in [6, 6.07) is 0.617. The molecule has 90 valence electrons. The highest BCUT2D eigenvalue weighted by Crippen LogP contribution is 2.34. The molecule has 0 unspecified atom stereocenters. The number of pyridine rings is 1. The molecule has 3 nitrogen and oxygen atoms in total. The minimum absolute atomic E-state index is 0.555. The van der Waals surface area contributed by atoms with Crippen LogP contribution in [0.2, 0.25) is 0 Å². The second-order valence-corrected chi connectivity index (χ2v) is 2.92. The van der Waals surface area contributed by atoms with Gasteiger partial charge in [0.1, 0.15) is 5.69 Å². The van der Waals surface area contributed by atoms with E-state index in [2.05, 4.69) is 4.98 Å². The zero-order valence-electron chi connectivity index (χ0n) is 7.72. The van der Waals surface area contributed by atoms with Crippen molar-refractivity contribution in [2.75, 3.05) is 5.73 Å². The summed E-state index contributed by atoms with van der Waals surface area (Å²) < 4.78 is 61.6. The maximum Gasteiger partial charge on any atom is 0.433 e. The molecule has 1 aromatic rings. The molecule has 3 N–H and O–H groups in total. The normalized spacial score (nSPS) is 12.2. The average molecular weight is 242 g/mol. The van der Waals surface area contributed by atoms with Gasteiger partial charge in [-0.2, -0.15) is 13.2 Å². The van der Waals surface area contributed by atoms with Crippen molar-refractivity contribution >= 4 is 5.69 Å². The lowest BCUT2D eigenvalue weighted by Crippen LogP contribution is -2.15. The van der Waals surface area contributed by atoms with Crippen LogP contribution in [-0.4, -0.2) is 10.1 Å². The van der Waals surface area contributed by atoms with Gasteiger partial charge in [-0.25, -0.2) is 13.8 Å². The smallest absolute Gasteiger partial charge is 0.398 e. The molecular weight excluding hydrogens is 235 g/mol. The van der Waals surface area contributed by atoms with Crippen molar-refractivity contribution in [3.05, 3.63) is 23.0 Å². The average Bonchev–Trinajstić information content (AvgIpc) is 2.14. The van der Waals surface area contributed by atoms with Gasteiger partial charge in [-0.3, -0.25) is 0 Å². The van der Waals surface area contributed by atoms with Gasteiger partial charge in [0.05, 0.1) is 6.61 Å². The number of halogens is 5. The Morgan fingerprint density at radius 3 is 2.31 bits per heavy atom. The molecule has 0 bridgehead atoms. The van der Waals surface area contributed by atoms with E-state index in [1.807, 2.05) is 0 Å². The van der Waals surface area contributed by atoms with E-state index in [0.29, 0.717) is 6.07 Å². The van der Waals surface area contributed by atoms with E-state index in [1.165, 1.54) is 0 Å². The van der Waals surface area contributed by atoms with Crippen LogP contribution in [0.15, 0.2) is 6.07 Å². The van der Waals surface area contributed by atoms with Crippen LogP contribution in [-0.2, 0) is 12.8 Å². The van der Waals surface area contributed by atoms with Gasteiger partial charge >= 0.3 is 6.18 Å². The lowest BCUT2D eigenvalue weighted by atomic mass is 10.1. The maximum absolute atomic E-state index is 12.4. The lowest BCUT2D eigenvalue weighted by molar-refractivity contribution is -0.142. The lowest BCUT2D eigenvalue weighted by Gasteiger charge is -2.14.